The maximum Gasteiger partial charge on any atom is 0.126 e. The number of hydrogen-bond acceptors (Lipinski definition) is 0. The average Bonchev–Trinajstić information content (AvgIpc) is 2.41. The van der Waals surface area contributed by atoms with Crippen molar-refractivity contribution in [3.05, 3.63) is 69.5 Å². The Morgan fingerprint density at radius 3 is 2.47 bits per heavy atom. The molecule has 0 fully saturated rings. The van der Waals surface area contributed by atoms with Crippen molar-refractivity contribution >= 4 is 34.8 Å². The summed E-state index contributed by atoms with van der Waals surface area (Å²) >= 11 is 18.1. The highest BCUT2D eigenvalue weighted by Crippen LogP contribution is 2.29. The number of hydrogen-bond donors (Lipinski definition) is 0. The summed E-state index contributed by atoms with van der Waals surface area (Å²) in [6, 6.07) is 11.9. The Balaban J connectivity index is 2.29. The molecule has 0 bridgehead atoms. The van der Waals surface area contributed by atoms with Crippen LogP contribution in [0, 0.1) is 5.82 Å². The molecule has 100 valence electrons. The van der Waals surface area contributed by atoms with Crippen LogP contribution in [-0.2, 0) is 6.42 Å². The van der Waals surface area contributed by atoms with Gasteiger partial charge in [0.15, 0.2) is 0 Å². The Labute approximate surface area is 127 Å². The first kappa shape index (κ1) is 14.6. The highest BCUT2D eigenvalue weighted by molar-refractivity contribution is 6.33. The molecule has 0 aliphatic heterocycles. The summed E-state index contributed by atoms with van der Waals surface area (Å²) in [6.45, 7) is 0. The summed E-state index contributed by atoms with van der Waals surface area (Å²) in [5.41, 5.74) is 1.48. The predicted molar refractivity (Wildman–Crippen MR) is 80.0 cm³/mol. The SMILES string of the molecule is Fc1ccccc1C(CCl)Cc1cc(Cl)ccc1Cl. The second-order valence-corrected chi connectivity index (χ2v) is 5.46. The summed E-state index contributed by atoms with van der Waals surface area (Å²) in [6.07, 6.45) is 0.559. The van der Waals surface area contributed by atoms with E-state index in [1.807, 2.05) is 0 Å². The normalized spacial score (nSPS) is 12.4. The predicted octanol–water partition coefficient (Wildman–Crippen LogP) is 5.70. The number of rotatable bonds is 4. The molecular formula is C15H12Cl3F. The van der Waals surface area contributed by atoms with Crippen LogP contribution in [0.2, 0.25) is 10.0 Å². The van der Waals surface area contributed by atoms with Crippen LogP contribution in [0.3, 0.4) is 0 Å². The minimum Gasteiger partial charge on any atom is -0.207 e. The van der Waals surface area contributed by atoms with E-state index in [9.17, 15) is 4.39 Å². The largest absolute Gasteiger partial charge is 0.207 e. The molecule has 1 atom stereocenters. The highest BCUT2D eigenvalue weighted by atomic mass is 35.5. The molecule has 19 heavy (non-hydrogen) atoms. The monoisotopic (exact) mass is 316 g/mol. The third kappa shape index (κ3) is 3.62. The molecule has 0 radical (unpaired) electrons. The van der Waals surface area contributed by atoms with Crippen molar-refractivity contribution in [2.24, 2.45) is 0 Å². The number of alkyl halides is 1. The van der Waals surface area contributed by atoms with Crippen LogP contribution in [0.1, 0.15) is 17.0 Å². The zero-order chi connectivity index (χ0) is 13.8. The van der Waals surface area contributed by atoms with E-state index in [1.54, 1.807) is 36.4 Å². The summed E-state index contributed by atoms with van der Waals surface area (Å²) < 4.78 is 13.8. The van der Waals surface area contributed by atoms with Gasteiger partial charge in [0.05, 0.1) is 0 Å². The second-order valence-electron chi connectivity index (χ2n) is 4.31. The van der Waals surface area contributed by atoms with Crippen molar-refractivity contribution in [3.8, 4) is 0 Å². The molecule has 0 nitrogen and oxygen atoms in total. The average molecular weight is 318 g/mol. The fraction of sp³-hybridized carbons (Fsp3) is 0.200. The third-order valence-electron chi connectivity index (χ3n) is 3.01. The first-order valence-electron chi connectivity index (χ1n) is 5.86. The van der Waals surface area contributed by atoms with Gasteiger partial charge in [-0.3, -0.25) is 0 Å². The minimum atomic E-state index is -0.244. The van der Waals surface area contributed by atoms with Gasteiger partial charge in [0.1, 0.15) is 5.82 Å². The van der Waals surface area contributed by atoms with Gasteiger partial charge in [-0.1, -0.05) is 41.4 Å². The zero-order valence-electron chi connectivity index (χ0n) is 10.0. The van der Waals surface area contributed by atoms with Crippen molar-refractivity contribution in [2.75, 3.05) is 5.88 Å². The molecule has 0 heterocycles. The van der Waals surface area contributed by atoms with Crippen LogP contribution in [0.5, 0.6) is 0 Å². The van der Waals surface area contributed by atoms with Gasteiger partial charge in [-0.2, -0.15) is 0 Å². The Bertz CT molecular complexity index is 569. The lowest BCUT2D eigenvalue weighted by Crippen LogP contribution is -2.07. The molecule has 2 aromatic carbocycles. The van der Waals surface area contributed by atoms with E-state index in [4.69, 9.17) is 34.8 Å². The minimum absolute atomic E-state index is 0.126. The van der Waals surface area contributed by atoms with E-state index >= 15 is 0 Å². The lowest BCUT2D eigenvalue weighted by molar-refractivity contribution is 0.589. The van der Waals surface area contributed by atoms with Gasteiger partial charge in [-0.15, -0.1) is 11.6 Å². The fourth-order valence-electron chi connectivity index (χ4n) is 2.02. The fourth-order valence-corrected chi connectivity index (χ4v) is 2.68. The molecule has 1 unspecified atom stereocenters. The second kappa shape index (κ2) is 6.60. The van der Waals surface area contributed by atoms with Gasteiger partial charge >= 0.3 is 0 Å². The van der Waals surface area contributed by atoms with E-state index in [-0.39, 0.29) is 11.7 Å². The highest BCUT2D eigenvalue weighted by Gasteiger charge is 2.16. The Kier molecular flexibility index (Phi) is 5.09. The Hall–Kier alpha value is -0.760. The molecule has 0 N–H and O–H groups in total. The molecule has 0 amide bonds. The maximum absolute atomic E-state index is 13.8. The van der Waals surface area contributed by atoms with E-state index in [0.717, 1.165) is 5.56 Å². The molecule has 0 aromatic heterocycles. The van der Waals surface area contributed by atoms with Crippen molar-refractivity contribution < 1.29 is 4.39 Å². The van der Waals surface area contributed by atoms with Gasteiger partial charge < -0.3 is 0 Å². The van der Waals surface area contributed by atoms with Crippen LogP contribution < -0.4 is 0 Å². The molecule has 0 aliphatic rings. The Morgan fingerprint density at radius 1 is 1.05 bits per heavy atom. The van der Waals surface area contributed by atoms with Gasteiger partial charge in [0.25, 0.3) is 0 Å². The number of halogens is 4. The first-order valence-corrected chi connectivity index (χ1v) is 7.15. The maximum atomic E-state index is 13.8. The third-order valence-corrected chi connectivity index (χ3v) is 3.98. The molecule has 0 aliphatic carbocycles. The van der Waals surface area contributed by atoms with Crippen LogP contribution in [0.25, 0.3) is 0 Å². The Morgan fingerprint density at radius 2 is 1.79 bits per heavy atom. The van der Waals surface area contributed by atoms with Crippen LogP contribution in [0.15, 0.2) is 42.5 Å². The van der Waals surface area contributed by atoms with Gasteiger partial charge in [0.2, 0.25) is 0 Å². The van der Waals surface area contributed by atoms with Gasteiger partial charge in [-0.05, 0) is 41.8 Å². The van der Waals surface area contributed by atoms with Crippen molar-refractivity contribution in [3.63, 3.8) is 0 Å². The van der Waals surface area contributed by atoms with Crippen LogP contribution >= 0.6 is 34.8 Å². The number of benzene rings is 2. The molecule has 2 rings (SSSR count). The van der Waals surface area contributed by atoms with Crippen LogP contribution in [-0.4, -0.2) is 5.88 Å². The molecule has 0 saturated heterocycles. The van der Waals surface area contributed by atoms with Crippen molar-refractivity contribution in [1.29, 1.82) is 0 Å². The van der Waals surface area contributed by atoms with E-state index in [1.165, 1.54) is 6.07 Å². The van der Waals surface area contributed by atoms with Gasteiger partial charge in [0, 0.05) is 21.8 Å². The molecule has 4 heteroatoms. The molecule has 2 aromatic rings. The standard InChI is InChI=1S/C15H12Cl3F/c16-9-11(13-3-1-2-4-15(13)19)7-10-8-12(17)5-6-14(10)18/h1-6,8,11H,7,9H2. The summed E-state index contributed by atoms with van der Waals surface area (Å²) in [7, 11) is 0. The molecular weight excluding hydrogens is 306 g/mol. The van der Waals surface area contributed by atoms with Gasteiger partial charge in [-0.25, -0.2) is 4.39 Å². The van der Waals surface area contributed by atoms with E-state index in [2.05, 4.69) is 0 Å². The lowest BCUT2D eigenvalue weighted by atomic mass is 9.93. The van der Waals surface area contributed by atoms with Crippen molar-refractivity contribution in [1.82, 2.24) is 0 Å². The zero-order valence-corrected chi connectivity index (χ0v) is 12.3. The molecule has 0 spiro atoms. The van der Waals surface area contributed by atoms with E-state index < -0.39 is 0 Å². The molecule has 0 saturated carbocycles. The smallest absolute Gasteiger partial charge is 0.126 e. The first-order chi connectivity index (χ1) is 9.11. The summed E-state index contributed by atoms with van der Waals surface area (Å²) in [5, 5.41) is 1.23. The quantitative estimate of drug-likeness (QED) is 0.635. The van der Waals surface area contributed by atoms with E-state index in [0.29, 0.717) is 27.9 Å². The van der Waals surface area contributed by atoms with Crippen molar-refractivity contribution in [2.45, 2.75) is 12.3 Å². The summed E-state index contributed by atoms with van der Waals surface area (Å²) in [5.74, 6) is -0.0471. The lowest BCUT2D eigenvalue weighted by Gasteiger charge is -2.16. The van der Waals surface area contributed by atoms with Crippen LogP contribution in [0.4, 0.5) is 4.39 Å². The topological polar surface area (TPSA) is 0 Å². The summed E-state index contributed by atoms with van der Waals surface area (Å²) in [4.78, 5) is 0.